The average Bonchev–Trinajstić information content (AvgIpc) is 4.31. The largest absolute Gasteiger partial charge is 0.310 e. The molecule has 15 rings (SSSR count). The molecule has 3 aliphatic carbocycles. The van der Waals surface area contributed by atoms with Crippen molar-refractivity contribution in [3.8, 4) is 44.5 Å². The lowest BCUT2D eigenvalue weighted by atomic mass is 9.67. The van der Waals surface area contributed by atoms with E-state index in [0.717, 1.165) is 17.1 Å². The van der Waals surface area contributed by atoms with E-state index in [1.165, 1.54) is 106 Å². The Morgan fingerprint density at radius 1 is 0.234 bits per heavy atom. The highest BCUT2D eigenvalue weighted by molar-refractivity contribution is 5.97. The second-order valence-electron chi connectivity index (χ2n) is 21.2. The number of benzene rings is 12. The van der Waals surface area contributed by atoms with Crippen LogP contribution in [0.25, 0.3) is 44.5 Å². The molecule has 0 fully saturated rings. The lowest BCUT2D eigenvalue weighted by molar-refractivity contribution is 0.714. The molecule has 0 bridgehead atoms. The van der Waals surface area contributed by atoms with Crippen molar-refractivity contribution in [3.63, 3.8) is 0 Å². The molecule has 0 N–H and O–H groups in total. The summed E-state index contributed by atoms with van der Waals surface area (Å²) in [7, 11) is 0. The number of rotatable bonds is 9. The topological polar surface area (TPSA) is 3.24 Å². The molecule has 1 heteroatoms. The van der Waals surface area contributed by atoms with Gasteiger partial charge in [0.15, 0.2) is 0 Å². The van der Waals surface area contributed by atoms with Crippen molar-refractivity contribution in [2.24, 2.45) is 0 Å². The summed E-state index contributed by atoms with van der Waals surface area (Å²) in [4.78, 5) is 2.56. The molecule has 362 valence electrons. The zero-order valence-electron chi connectivity index (χ0n) is 42.8. The minimum Gasteiger partial charge on any atom is -0.310 e. The van der Waals surface area contributed by atoms with E-state index >= 15 is 0 Å². The van der Waals surface area contributed by atoms with Crippen molar-refractivity contribution >= 4 is 17.1 Å². The predicted octanol–water partition coefficient (Wildman–Crippen LogP) is 18.9. The zero-order valence-corrected chi connectivity index (χ0v) is 42.8. The predicted molar refractivity (Wildman–Crippen MR) is 319 cm³/mol. The first-order chi connectivity index (χ1) is 38.1. The molecule has 12 aromatic rings. The summed E-state index contributed by atoms with van der Waals surface area (Å²) in [5.74, 6) is 0. The Balaban J connectivity index is 1.03. The van der Waals surface area contributed by atoms with Crippen molar-refractivity contribution in [3.05, 3.63) is 365 Å². The van der Waals surface area contributed by atoms with E-state index in [4.69, 9.17) is 0 Å². The van der Waals surface area contributed by atoms with Crippen molar-refractivity contribution in [2.45, 2.75) is 23.2 Å². The van der Waals surface area contributed by atoms with E-state index in [2.05, 4.69) is 315 Å². The van der Waals surface area contributed by atoms with Gasteiger partial charge < -0.3 is 4.90 Å². The molecule has 3 aliphatic rings. The summed E-state index contributed by atoms with van der Waals surface area (Å²) < 4.78 is 0. The van der Waals surface area contributed by atoms with E-state index in [9.17, 15) is 0 Å². The molecular weight excluding hydrogens is 927 g/mol. The quantitative estimate of drug-likeness (QED) is 0.139. The number of hydrogen-bond acceptors (Lipinski definition) is 1. The lowest BCUT2D eigenvalue weighted by Crippen LogP contribution is -2.29. The Kier molecular flexibility index (Phi) is 10.2. The molecule has 12 aromatic carbocycles. The van der Waals surface area contributed by atoms with Crippen LogP contribution in [0.5, 0.6) is 0 Å². The van der Waals surface area contributed by atoms with Crippen molar-refractivity contribution in [1.82, 2.24) is 0 Å². The zero-order chi connectivity index (χ0) is 51.1. The van der Waals surface area contributed by atoms with Crippen LogP contribution in [0.3, 0.4) is 0 Å². The number of hydrogen-bond donors (Lipinski definition) is 0. The van der Waals surface area contributed by atoms with E-state index < -0.39 is 16.2 Å². The highest BCUT2D eigenvalue weighted by atomic mass is 15.1. The van der Waals surface area contributed by atoms with Crippen molar-refractivity contribution in [2.75, 3.05) is 4.90 Å². The van der Waals surface area contributed by atoms with Crippen molar-refractivity contribution in [1.29, 1.82) is 0 Å². The Morgan fingerprint density at radius 3 is 1.00 bits per heavy atom. The van der Waals surface area contributed by atoms with Crippen LogP contribution in [0.2, 0.25) is 0 Å². The molecule has 77 heavy (non-hydrogen) atoms. The van der Waals surface area contributed by atoms with Crippen LogP contribution in [-0.2, 0) is 16.2 Å². The third kappa shape index (κ3) is 6.41. The molecule has 1 atom stereocenters. The highest BCUT2D eigenvalue weighted by Crippen LogP contribution is 2.61. The second kappa shape index (κ2) is 17.5. The van der Waals surface area contributed by atoms with Gasteiger partial charge in [-0.1, -0.05) is 267 Å². The van der Waals surface area contributed by atoms with Gasteiger partial charge in [-0.25, -0.2) is 0 Å². The number of fused-ring (bicyclic) bond motifs is 9. The first-order valence-electron chi connectivity index (χ1n) is 27.0. The molecule has 0 saturated heterocycles. The summed E-state index contributed by atoms with van der Waals surface area (Å²) in [6.45, 7) is 2.44. The highest BCUT2D eigenvalue weighted by Gasteiger charge is 2.49. The van der Waals surface area contributed by atoms with Gasteiger partial charge >= 0.3 is 0 Å². The molecule has 0 spiro atoms. The van der Waals surface area contributed by atoms with Crippen molar-refractivity contribution < 1.29 is 0 Å². The van der Waals surface area contributed by atoms with Gasteiger partial charge in [0.1, 0.15) is 0 Å². The average molecular weight is 980 g/mol. The van der Waals surface area contributed by atoms with Gasteiger partial charge in [-0.3, -0.25) is 0 Å². The van der Waals surface area contributed by atoms with E-state index in [0.29, 0.717) is 0 Å². The minimum absolute atomic E-state index is 0.455. The Labute approximate surface area is 451 Å². The van der Waals surface area contributed by atoms with Crippen LogP contribution in [0, 0.1) is 0 Å². The van der Waals surface area contributed by atoms with Gasteiger partial charge in [-0.15, -0.1) is 0 Å². The Bertz CT molecular complexity index is 3940. The monoisotopic (exact) mass is 979 g/mol. The van der Waals surface area contributed by atoms with Gasteiger partial charge in [0, 0.05) is 22.5 Å². The van der Waals surface area contributed by atoms with Gasteiger partial charge in [0.2, 0.25) is 0 Å². The lowest BCUT2D eigenvalue weighted by Gasteiger charge is -2.36. The number of nitrogens with zero attached hydrogens (tertiary/aromatic N) is 1. The van der Waals surface area contributed by atoms with Crippen LogP contribution in [0.4, 0.5) is 17.1 Å². The molecule has 0 amide bonds. The van der Waals surface area contributed by atoms with Crippen LogP contribution in [-0.4, -0.2) is 0 Å². The van der Waals surface area contributed by atoms with Crippen LogP contribution in [0.1, 0.15) is 68.1 Å². The van der Waals surface area contributed by atoms with Gasteiger partial charge in [-0.05, 0) is 149 Å². The maximum Gasteiger partial charge on any atom is 0.0714 e. The van der Waals surface area contributed by atoms with Gasteiger partial charge in [0.05, 0.1) is 10.8 Å². The first kappa shape index (κ1) is 44.9. The van der Waals surface area contributed by atoms with Gasteiger partial charge in [0.25, 0.3) is 0 Å². The second-order valence-corrected chi connectivity index (χ2v) is 21.2. The van der Waals surface area contributed by atoms with E-state index in [-0.39, 0.29) is 0 Å². The fraction of sp³-hybridized carbons (Fsp3) is 0.0526. The van der Waals surface area contributed by atoms with Crippen LogP contribution < -0.4 is 4.90 Å². The minimum atomic E-state index is -0.579. The molecule has 0 aromatic heterocycles. The fourth-order valence-electron chi connectivity index (χ4n) is 14.2. The SMILES string of the molecule is CC1(c2ccccc2)c2cc(N(c3ccc4c(c3)C(c3ccccc3)(c3ccccc3)c3ccccc3-4)c3ccc4c(c3)C(c3ccccc3)(c3ccccc3)c3ccccc3-4)ccc2-c2c(-c3ccccc3)cccc21. The van der Waals surface area contributed by atoms with E-state index in [1.54, 1.807) is 0 Å². The number of anilines is 3. The molecule has 0 radical (unpaired) electrons. The Hall–Kier alpha value is -9.56. The maximum absolute atomic E-state index is 2.56. The molecular formula is C76H53N. The Morgan fingerprint density at radius 2 is 0.558 bits per heavy atom. The van der Waals surface area contributed by atoms with Crippen LogP contribution >= 0.6 is 0 Å². The maximum atomic E-state index is 2.56. The summed E-state index contributed by atoms with van der Waals surface area (Å²) >= 11 is 0. The van der Waals surface area contributed by atoms with E-state index in [1.807, 2.05) is 0 Å². The summed E-state index contributed by atoms with van der Waals surface area (Å²) in [5, 5.41) is 0. The molecule has 1 nitrogen and oxygen atoms in total. The summed E-state index contributed by atoms with van der Waals surface area (Å²) in [6.07, 6.45) is 0. The third-order valence-electron chi connectivity index (χ3n) is 17.5. The molecule has 1 unspecified atom stereocenters. The summed E-state index contributed by atoms with van der Waals surface area (Å²) in [6, 6.07) is 114. The fourth-order valence-corrected chi connectivity index (χ4v) is 14.2. The molecule has 0 heterocycles. The third-order valence-corrected chi connectivity index (χ3v) is 17.5. The first-order valence-corrected chi connectivity index (χ1v) is 27.0. The standard InChI is InChI=1S/C76H53N/c1-74(53-27-10-3-11-28-53)69-42-24-39-61(52-25-8-2-9-26-52)73(69)66-48-45-58(49-70(66)74)77(59-43-46-64-62-37-20-22-40-67(62)75(71(64)50-59,54-29-12-4-13-30-54)55-31-14-5-15-32-55)60-44-47-65-63-38-21-23-41-68(63)76(72(65)51-60,56-33-16-6-17-34-56)57-35-18-7-19-36-57/h2-51H,1H3. The van der Waals surface area contributed by atoms with Crippen LogP contribution in [0.15, 0.2) is 303 Å². The molecule has 0 saturated carbocycles. The molecule has 0 aliphatic heterocycles. The smallest absolute Gasteiger partial charge is 0.0714 e. The normalized spacial score (nSPS) is 15.6. The summed E-state index contributed by atoms with van der Waals surface area (Å²) in [5.41, 5.74) is 25.7. The van der Waals surface area contributed by atoms with Gasteiger partial charge in [-0.2, -0.15) is 0 Å².